The molecule has 0 amide bonds. The molecule has 0 radical (unpaired) electrons. The minimum absolute atomic E-state index is 0.395. The van der Waals surface area contributed by atoms with Gasteiger partial charge >= 0.3 is 0 Å². The topological polar surface area (TPSA) is 47.8 Å². The van der Waals surface area contributed by atoms with Gasteiger partial charge in [-0.3, -0.25) is 9.78 Å². The van der Waals surface area contributed by atoms with E-state index in [1.54, 1.807) is 29.2 Å². The van der Waals surface area contributed by atoms with E-state index < -0.39 is 0 Å². The molecule has 3 aromatic rings. The van der Waals surface area contributed by atoms with Crippen LogP contribution in [0.25, 0.3) is 16.8 Å². The molecule has 0 aliphatic carbocycles. The van der Waals surface area contributed by atoms with E-state index in [1.165, 1.54) is 0 Å². The monoisotopic (exact) mass is 283 g/mol. The van der Waals surface area contributed by atoms with Gasteiger partial charge in [-0.25, -0.2) is 4.68 Å². The minimum atomic E-state index is 0.395. The lowest BCUT2D eigenvalue weighted by Crippen LogP contribution is -1.94. The SMILES string of the molecule is O=Cc1nn(-c2ccc(Cl)cc2)cc1-c1ccncc1. The van der Waals surface area contributed by atoms with Crippen molar-refractivity contribution in [3.8, 4) is 16.8 Å². The van der Waals surface area contributed by atoms with Crippen molar-refractivity contribution >= 4 is 17.9 Å². The first-order valence-corrected chi connectivity index (χ1v) is 6.37. The van der Waals surface area contributed by atoms with Gasteiger partial charge in [0.05, 0.1) is 5.69 Å². The Labute approximate surface area is 120 Å². The molecule has 0 unspecified atom stereocenters. The Bertz CT molecular complexity index is 736. The number of aldehydes is 1. The fourth-order valence-corrected chi connectivity index (χ4v) is 2.08. The lowest BCUT2D eigenvalue weighted by molar-refractivity contribution is 0.111. The minimum Gasteiger partial charge on any atom is -0.296 e. The summed E-state index contributed by atoms with van der Waals surface area (Å²) in [6, 6.07) is 10.9. The summed E-state index contributed by atoms with van der Waals surface area (Å²) in [6.45, 7) is 0. The van der Waals surface area contributed by atoms with Gasteiger partial charge in [0.1, 0.15) is 5.69 Å². The molecular weight excluding hydrogens is 274 g/mol. The van der Waals surface area contributed by atoms with Crippen LogP contribution in [0.2, 0.25) is 5.02 Å². The molecular formula is C15H10ClN3O. The van der Waals surface area contributed by atoms with Crippen molar-refractivity contribution in [3.63, 3.8) is 0 Å². The number of hydrogen-bond acceptors (Lipinski definition) is 3. The average molecular weight is 284 g/mol. The van der Waals surface area contributed by atoms with Crippen LogP contribution in [0, 0.1) is 0 Å². The largest absolute Gasteiger partial charge is 0.296 e. The second kappa shape index (κ2) is 5.27. The van der Waals surface area contributed by atoms with E-state index in [2.05, 4.69) is 10.1 Å². The third-order valence-corrected chi connectivity index (χ3v) is 3.19. The number of carbonyl (C=O) groups excluding carboxylic acids is 1. The molecule has 0 fully saturated rings. The van der Waals surface area contributed by atoms with Gasteiger partial charge in [-0.15, -0.1) is 0 Å². The first kappa shape index (κ1) is 12.6. The zero-order chi connectivity index (χ0) is 13.9. The Morgan fingerprint density at radius 2 is 1.75 bits per heavy atom. The highest BCUT2D eigenvalue weighted by Crippen LogP contribution is 2.23. The van der Waals surface area contributed by atoms with E-state index in [1.807, 2.05) is 30.5 Å². The van der Waals surface area contributed by atoms with Crippen LogP contribution in [0.5, 0.6) is 0 Å². The second-order valence-electron chi connectivity index (χ2n) is 4.20. The van der Waals surface area contributed by atoms with Gasteiger partial charge in [0, 0.05) is 29.2 Å². The predicted molar refractivity (Wildman–Crippen MR) is 77.2 cm³/mol. The zero-order valence-electron chi connectivity index (χ0n) is 10.4. The number of hydrogen-bond donors (Lipinski definition) is 0. The van der Waals surface area contributed by atoms with Crippen LogP contribution in [-0.4, -0.2) is 21.1 Å². The van der Waals surface area contributed by atoms with Gasteiger partial charge in [0.25, 0.3) is 0 Å². The third-order valence-electron chi connectivity index (χ3n) is 2.94. The van der Waals surface area contributed by atoms with Crippen molar-refractivity contribution < 1.29 is 4.79 Å². The molecule has 0 bridgehead atoms. The highest BCUT2D eigenvalue weighted by molar-refractivity contribution is 6.30. The maximum absolute atomic E-state index is 11.2. The van der Waals surface area contributed by atoms with Crippen molar-refractivity contribution in [2.75, 3.05) is 0 Å². The van der Waals surface area contributed by atoms with Crippen LogP contribution in [0.15, 0.2) is 55.0 Å². The molecule has 0 aliphatic heterocycles. The van der Waals surface area contributed by atoms with Crippen molar-refractivity contribution in [1.82, 2.24) is 14.8 Å². The summed E-state index contributed by atoms with van der Waals surface area (Å²) in [5, 5.41) is 4.95. The summed E-state index contributed by atoms with van der Waals surface area (Å²) in [6.07, 6.45) is 5.94. The van der Waals surface area contributed by atoms with E-state index >= 15 is 0 Å². The van der Waals surface area contributed by atoms with Gasteiger partial charge in [0.15, 0.2) is 6.29 Å². The molecule has 0 saturated heterocycles. The molecule has 0 N–H and O–H groups in total. The number of benzene rings is 1. The summed E-state index contributed by atoms with van der Waals surface area (Å²) < 4.78 is 1.66. The number of pyridine rings is 1. The maximum atomic E-state index is 11.2. The Morgan fingerprint density at radius 1 is 1.05 bits per heavy atom. The molecule has 2 aromatic heterocycles. The van der Waals surface area contributed by atoms with E-state index in [9.17, 15) is 4.79 Å². The average Bonchev–Trinajstić information content (AvgIpc) is 2.93. The van der Waals surface area contributed by atoms with E-state index in [4.69, 9.17) is 11.6 Å². The summed E-state index contributed by atoms with van der Waals surface area (Å²) in [4.78, 5) is 15.2. The van der Waals surface area contributed by atoms with Crippen LogP contribution >= 0.6 is 11.6 Å². The second-order valence-corrected chi connectivity index (χ2v) is 4.64. The molecule has 3 rings (SSSR count). The summed E-state index contributed by atoms with van der Waals surface area (Å²) in [5.74, 6) is 0. The number of carbonyl (C=O) groups is 1. The number of rotatable bonds is 3. The molecule has 20 heavy (non-hydrogen) atoms. The van der Waals surface area contributed by atoms with Gasteiger partial charge in [-0.05, 0) is 42.0 Å². The smallest absolute Gasteiger partial charge is 0.170 e. The quantitative estimate of drug-likeness (QED) is 0.692. The Morgan fingerprint density at radius 3 is 2.40 bits per heavy atom. The molecule has 98 valence electrons. The molecule has 4 nitrogen and oxygen atoms in total. The summed E-state index contributed by atoms with van der Waals surface area (Å²) in [7, 11) is 0. The predicted octanol–water partition coefficient (Wildman–Crippen LogP) is 3.40. The maximum Gasteiger partial charge on any atom is 0.170 e. The normalized spacial score (nSPS) is 10.4. The Hall–Kier alpha value is -2.46. The highest BCUT2D eigenvalue weighted by atomic mass is 35.5. The molecule has 0 aliphatic rings. The van der Waals surface area contributed by atoms with Crippen molar-refractivity contribution in [2.45, 2.75) is 0 Å². The van der Waals surface area contributed by atoms with Crippen LogP contribution in [0.1, 0.15) is 10.5 Å². The van der Waals surface area contributed by atoms with E-state index in [-0.39, 0.29) is 0 Å². The number of aromatic nitrogens is 3. The van der Waals surface area contributed by atoms with Gasteiger partial charge in [-0.1, -0.05) is 11.6 Å². The molecule has 0 saturated carbocycles. The van der Waals surface area contributed by atoms with Crippen LogP contribution in [0.4, 0.5) is 0 Å². The highest BCUT2D eigenvalue weighted by Gasteiger charge is 2.11. The van der Waals surface area contributed by atoms with Crippen molar-refractivity contribution in [3.05, 3.63) is 65.7 Å². The van der Waals surface area contributed by atoms with Crippen LogP contribution in [-0.2, 0) is 0 Å². The van der Waals surface area contributed by atoms with Crippen molar-refractivity contribution in [2.24, 2.45) is 0 Å². The molecule has 2 heterocycles. The van der Waals surface area contributed by atoms with Crippen LogP contribution < -0.4 is 0 Å². The first-order chi connectivity index (χ1) is 9.78. The van der Waals surface area contributed by atoms with Gasteiger partial charge < -0.3 is 0 Å². The number of nitrogens with zero attached hydrogens (tertiary/aromatic N) is 3. The van der Waals surface area contributed by atoms with E-state index in [0.717, 1.165) is 23.1 Å². The van der Waals surface area contributed by atoms with Gasteiger partial charge in [-0.2, -0.15) is 5.10 Å². The summed E-state index contributed by atoms with van der Waals surface area (Å²) >= 11 is 5.87. The third kappa shape index (κ3) is 2.33. The summed E-state index contributed by atoms with van der Waals surface area (Å²) in [5.41, 5.74) is 2.92. The molecule has 0 spiro atoms. The van der Waals surface area contributed by atoms with E-state index in [0.29, 0.717) is 10.7 Å². The number of halogens is 1. The Balaban J connectivity index is 2.09. The fourth-order valence-electron chi connectivity index (χ4n) is 1.95. The standard InChI is InChI=1S/C15H10ClN3O/c16-12-1-3-13(4-2-12)19-9-14(15(10-20)18-19)11-5-7-17-8-6-11/h1-10H. The molecule has 0 atom stereocenters. The molecule has 5 heteroatoms. The van der Waals surface area contributed by atoms with Crippen molar-refractivity contribution in [1.29, 1.82) is 0 Å². The Kier molecular flexibility index (Phi) is 3.31. The lowest BCUT2D eigenvalue weighted by atomic mass is 10.1. The van der Waals surface area contributed by atoms with Gasteiger partial charge in [0.2, 0.25) is 0 Å². The lowest BCUT2D eigenvalue weighted by Gasteiger charge is -2.00. The van der Waals surface area contributed by atoms with Crippen LogP contribution in [0.3, 0.4) is 0 Å². The first-order valence-electron chi connectivity index (χ1n) is 5.99. The zero-order valence-corrected chi connectivity index (χ0v) is 11.2. The fraction of sp³-hybridized carbons (Fsp3) is 0. The molecule has 1 aromatic carbocycles.